The molecule has 1 rings (SSSR count). The van der Waals surface area contributed by atoms with E-state index in [9.17, 15) is 0 Å². The van der Waals surface area contributed by atoms with Gasteiger partial charge < -0.3 is 10.1 Å². The summed E-state index contributed by atoms with van der Waals surface area (Å²) in [6, 6.07) is 0.723. The second-order valence-electron chi connectivity index (χ2n) is 3.54. The molecule has 5 nitrogen and oxygen atoms in total. The van der Waals surface area contributed by atoms with Gasteiger partial charge in [-0.1, -0.05) is 0 Å². The Kier molecular flexibility index (Phi) is 4.55. The van der Waals surface area contributed by atoms with Crippen LogP contribution in [0.2, 0.25) is 0 Å². The fourth-order valence-electron chi connectivity index (χ4n) is 1.44. The minimum atomic E-state index is 0.360. The Balaban J connectivity index is 2.25. The second kappa shape index (κ2) is 5.72. The smallest absolute Gasteiger partial charge is 0.137 e. The number of hydrogen-bond acceptors (Lipinski definition) is 4. The van der Waals surface area contributed by atoms with Crippen LogP contribution in [-0.2, 0) is 11.3 Å². The maximum Gasteiger partial charge on any atom is 0.137 e. The van der Waals surface area contributed by atoms with E-state index in [2.05, 4.69) is 29.2 Å². The lowest BCUT2D eigenvalue weighted by atomic mass is 10.2. The minimum Gasteiger partial charge on any atom is -0.383 e. The molecule has 0 aliphatic heterocycles. The molecule has 1 heterocycles. The third-order valence-corrected chi connectivity index (χ3v) is 1.91. The molecule has 0 aromatic carbocycles. The van der Waals surface area contributed by atoms with Gasteiger partial charge in [-0.2, -0.15) is 5.10 Å². The lowest BCUT2D eigenvalue weighted by Gasteiger charge is -2.18. The lowest BCUT2D eigenvalue weighted by Crippen LogP contribution is -2.39. The quantitative estimate of drug-likeness (QED) is 0.714. The molecule has 2 atom stereocenters. The predicted molar refractivity (Wildman–Crippen MR) is 54.0 cm³/mol. The zero-order valence-electron chi connectivity index (χ0n) is 8.97. The van der Waals surface area contributed by atoms with Crippen molar-refractivity contribution >= 4 is 0 Å². The summed E-state index contributed by atoms with van der Waals surface area (Å²) in [4.78, 5) is 3.89. The molecule has 0 saturated heterocycles. The van der Waals surface area contributed by atoms with E-state index in [4.69, 9.17) is 4.74 Å². The Morgan fingerprint density at radius 2 is 2.21 bits per heavy atom. The molecule has 14 heavy (non-hydrogen) atoms. The Bertz CT molecular complexity index is 237. The number of nitrogens with one attached hydrogen (secondary N) is 1. The van der Waals surface area contributed by atoms with Crippen LogP contribution < -0.4 is 5.32 Å². The number of hydrogen-bond donors (Lipinski definition) is 1. The van der Waals surface area contributed by atoms with Gasteiger partial charge in [-0.05, 0) is 13.8 Å². The zero-order valence-corrected chi connectivity index (χ0v) is 8.97. The van der Waals surface area contributed by atoms with Gasteiger partial charge in [-0.3, -0.25) is 4.68 Å². The van der Waals surface area contributed by atoms with Gasteiger partial charge in [0.15, 0.2) is 0 Å². The van der Waals surface area contributed by atoms with Crippen LogP contribution in [0.25, 0.3) is 0 Å². The molecule has 0 saturated carbocycles. The number of nitrogens with zero attached hydrogens (tertiary/aromatic N) is 3. The zero-order chi connectivity index (χ0) is 10.4. The second-order valence-corrected chi connectivity index (χ2v) is 3.54. The lowest BCUT2D eigenvalue weighted by molar-refractivity contribution is 0.165. The van der Waals surface area contributed by atoms with E-state index < -0.39 is 0 Å². The molecule has 1 N–H and O–H groups in total. The van der Waals surface area contributed by atoms with E-state index in [0.29, 0.717) is 12.1 Å². The van der Waals surface area contributed by atoms with Crippen LogP contribution in [-0.4, -0.2) is 40.6 Å². The van der Waals surface area contributed by atoms with Gasteiger partial charge in [0, 0.05) is 19.2 Å². The highest BCUT2D eigenvalue weighted by Gasteiger charge is 2.07. The van der Waals surface area contributed by atoms with Crippen LogP contribution in [0, 0.1) is 0 Å². The minimum absolute atomic E-state index is 0.360. The van der Waals surface area contributed by atoms with Crippen LogP contribution in [0.5, 0.6) is 0 Å². The van der Waals surface area contributed by atoms with E-state index in [1.165, 1.54) is 0 Å². The van der Waals surface area contributed by atoms with E-state index in [0.717, 1.165) is 13.2 Å². The molecule has 2 unspecified atom stereocenters. The average molecular weight is 198 g/mol. The number of aromatic nitrogens is 3. The van der Waals surface area contributed by atoms with Gasteiger partial charge in [0.05, 0.1) is 13.2 Å². The first-order chi connectivity index (χ1) is 6.72. The molecule has 5 heteroatoms. The summed E-state index contributed by atoms with van der Waals surface area (Å²) in [7, 11) is 1.71. The highest BCUT2D eigenvalue weighted by Crippen LogP contribution is 1.92. The van der Waals surface area contributed by atoms with Gasteiger partial charge in [0.2, 0.25) is 0 Å². The summed E-state index contributed by atoms with van der Waals surface area (Å²) in [5.41, 5.74) is 0. The van der Waals surface area contributed by atoms with Crippen LogP contribution in [0.1, 0.15) is 13.8 Å². The average Bonchev–Trinajstić information content (AvgIpc) is 2.56. The van der Waals surface area contributed by atoms with Crippen molar-refractivity contribution in [1.82, 2.24) is 20.1 Å². The Labute approximate surface area is 84.5 Å². The highest BCUT2D eigenvalue weighted by atomic mass is 16.5. The molecule has 0 aliphatic carbocycles. The number of ether oxygens (including phenoxy) is 1. The number of rotatable bonds is 6. The number of methoxy groups -OCH3 is 1. The topological polar surface area (TPSA) is 52.0 Å². The maximum absolute atomic E-state index is 5.04. The third kappa shape index (κ3) is 3.85. The molecule has 0 bridgehead atoms. The predicted octanol–water partition coefficient (Wildman–Crippen LogP) is 0.291. The van der Waals surface area contributed by atoms with Crippen LogP contribution in [0.4, 0.5) is 0 Å². The summed E-state index contributed by atoms with van der Waals surface area (Å²) in [5, 5.41) is 7.45. The summed E-state index contributed by atoms with van der Waals surface area (Å²) < 4.78 is 6.86. The first-order valence-corrected chi connectivity index (χ1v) is 4.79. The maximum atomic E-state index is 5.04. The molecule has 0 radical (unpaired) electrons. The molecule has 0 fully saturated rings. The molecule has 80 valence electrons. The van der Waals surface area contributed by atoms with E-state index in [1.54, 1.807) is 19.8 Å². The molecule has 0 amide bonds. The van der Waals surface area contributed by atoms with Crippen molar-refractivity contribution in [1.29, 1.82) is 0 Å². The Morgan fingerprint density at radius 1 is 1.43 bits per heavy atom. The summed E-state index contributed by atoms with van der Waals surface area (Å²) >= 11 is 0. The highest BCUT2D eigenvalue weighted by molar-refractivity contribution is 4.68. The van der Waals surface area contributed by atoms with Crippen molar-refractivity contribution in [2.24, 2.45) is 0 Å². The molecular formula is C9H18N4O. The molecule has 1 aromatic rings. The van der Waals surface area contributed by atoms with E-state index >= 15 is 0 Å². The monoisotopic (exact) mass is 198 g/mol. The Hall–Kier alpha value is -0.940. The van der Waals surface area contributed by atoms with Crippen molar-refractivity contribution < 1.29 is 4.74 Å². The van der Waals surface area contributed by atoms with Crippen LogP contribution >= 0.6 is 0 Å². The van der Waals surface area contributed by atoms with Crippen molar-refractivity contribution in [3.63, 3.8) is 0 Å². The van der Waals surface area contributed by atoms with E-state index in [1.807, 2.05) is 4.68 Å². The van der Waals surface area contributed by atoms with Gasteiger partial charge in [-0.25, -0.2) is 4.98 Å². The summed E-state index contributed by atoms with van der Waals surface area (Å²) in [6.45, 7) is 5.77. The van der Waals surface area contributed by atoms with Crippen molar-refractivity contribution in [2.75, 3.05) is 13.7 Å². The normalized spacial score (nSPS) is 15.4. The standard InChI is InChI=1S/C9H18N4O/c1-8(12-9(2)5-14-3)4-13-7-10-6-11-13/h6-9,12H,4-5H2,1-3H3. The summed E-state index contributed by atoms with van der Waals surface area (Å²) in [5.74, 6) is 0. The van der Waals surface area contributed by atoms with Gasteiger partial charge in [-0.15, -0.1) is 0 Å². The molecule has 0 spiro atoms. The summed E-state index contributed by atoms with van der Waals surface area (Å²) in [6.07, 6.45) is 3.27. The first-order valence-electron chi connectivity index (χ1n) is 4.79. The van der Waals surface area contributed by atoms with Crippen LogP contribution in [0.15, 0.2) is 12.7 Å². The molecule has 0 aliphatic rings. The van der Waals surface area contributed by atoms with Crippen molar-refractivity contribution in [3.8, 4) is 0 Å². The molecular weight excluding hydrogens is 180 g/mol. The fourth-order valence-corrected chi connectivity index (χ4v) is 1.44. The van der Waals surface area contributed by atoms with Gasteiger partial charge in [0.25, 0.3) is 0 Å². The Morgan fingerprint density at radius 3 is 2.79 bits per heavy atom. The van der Waals surface area contributed by atoms with Gasteiger partial charge >= 0.3 is 0 Å². The van der Waals surface area contributed by atoms with Gasteiger partial charge in [0.1, 0.15) is 12.7 Å². The first kappa shape index (κ1) is 11.1. The fraction of sp³-hybridized carbons (Fsp3) is 0.778. The molecule has 1 aromatic heterocycles. The SMILES string of the molecule is COCC(C)NC(C)Cn1cncn1. The van der Waals surface area contributed by atoms with Crippen molar-refractivity contribution in [2.45, 2.75) is 32.5 Å². The third-order valence-electron chi connectivity index (χ3n) is 1.91. The van der Waals surface area contributed by atoms with E-state index in [-0.39, 0.29) is 0 Å². The largest absolute Gasteiger partial charge is 0.383 e. The van der Waals surface area contributed by atoms with Crippen LogP contribution in [0.3, 0.4) is 0 Å². The van der Waals surface area contributed by atoms with Crippen molar-refractivity contribution in [3.05, 3.63) is 12.7 Å².